The molecule has 18 heavy (non-hydrogen) atoms. The first-order chi connectivity index (χ1) is 8.54. The molecule has 2 fully saturated rings. The Morgan fingerprint density at radius 1 is 1.28 bits per heavy atom. The quantitative estimate of drug-likeness (QED) is 0.846. The fourth-order valence-electron chi connectivity index (χ4n) is 3.47. The van der Waals surface area contributed by atoms with Gasteiger partial charge in [0.15, 0.2) is 0 Å². The second-order valence-corrected chi connectivity index (χ2v) is 7.98. The number of ether oxygens (including phenoxy) is 1. The minimum absolute atomic E-state index is 0.439. The lowest BCUT2D eigenvalue weighted by Crippen LogP contribution is -2.52. The first kappa shape index (κ1) is 14.7. The van der Waals surface area contributed by atoms with Crippen LogP contribution in [-0.4, -0.2) is 35.8 Å². The van der Waals surface area contributed by atoms with Gasteiger partial charge in [0.25, 0.3) is 0 Å². The van der Waals surface area contributed by atoms with Crippen LogP contribution in [0.2, 0.25) is 0 Å². The largest absolute Gasteiger partial charge is 0.377 e. The summed E-state index contributed by atoms with van der Waals surface area (Å²) in [6.45, 7) is 11.4. The molecule has 1 N–H and O–H groups in total. The third kappa shape index (κ3) is 3.23. The van der Waals surface area contributed by atoms with Gasteiger partial charge in [-0.25, -0.2) is 0 Å². The minimum Gasteiger partial charge on any atom is -0.377 e. The average Bonchev–Trinajstić information content (AvgIpc) is 2.69. The monoisotopic (exact) mass is 271 g/mol. The van der Waals surface area contributed by atoms with Crippen LogP contribution < -0.4 is 5.32 Å². The maximum Gasteiger partial charge on any atom is 0.0666 e. The Kier molecular flexibility index (Phi) is 5.01. The van der Waals surface area contributed by atoms with Crippen molar-refractivity contribution in [3.63, 3.8) is 0 Å². The lowest BCUT2D eigenvalue weighted by Gasteiger charge is -2.45. The van der Waals surface area contributed by atoms with Gasteiger partial charge in [0.2, 0.25) is 0 Å². The summed E-state index contributed by atoms with van der Waals surface area (Å²) in [5.74, 6) is 0. The molecule has 1 aliphatic carbocycles. The highest BCUT2D eigenvalue weighted by Gasteiger charge is 2.40. The van der Waals surface area contributed by atoms with Gasteiger partial charge in [0.1, 0.15) is 0 Å². The molecule has 0 aromatic carbocycles. The molecule has 0 amide bonds. The molecule has 0 bridgehead atoms. The van der Waals surface area contributed by atoms with Crippen LogP contribution in [0.25, 0.3) is 0 Å². The topological polar surface area (TPSA) is 21.3 Å². The van der Waals surface area contributed by atoms with Crippen LogP contribution in [-0.2, 0) is 4.74 Å². The first-order valence-corrected chi connectivity index (χ1v) is 8.49. The van der Waals surface area contributed by atoms with Gasteiger partial charge < -0.3 is 10.1 Å². The highest BCUT2D eigenvalue weighted by Crippen LogP contribution is 2.43. The van der Waals surface area contributed by atoms with Crippen LogP contribution in [0.3, 0.4) is 0 Å². The van der Waals surface area contributed by atoms with E-state index >= 15 is 0 Å². The molecule has 106 valence electrons. The van der Waals surface area contributed by atoms with Crippen LogP contribution in [0, 0.1) is 5.41 Å². The standard InChI is InChI=1S/C15H29NOS/c1-5-16-14-13(7-6-9-15(14,3)4)18-12-8-10-17-11(12)2/h11-14,16H,5-10H2,1-4H3. The molecule has 4 unspecified atom stereocenters. The van der Waals surface area contributed by atoms with Crippen LogP contribution in [0.4, 0.5) is 0 Å². The molecule has 3 heteroatoms. The molecule has 0 aromatic heterocycles. The van der Waals surface area contributed by atoms with E-state index in [1.807, 2.05) is 0 Å². The molecule has 2 nitrogen and oxygen atoms in total. The highest BCUT2D eigenvalue weighted by atomic mass is 32.2. The van der Waals surface area contributed by atoms with E-state index in [0.29, 0.717) is 22.8 Å². The molecule has 2 aliphatic rings. The molecule has 1 heterocycles. The van der Waals surface area contributed by atoms with E-state index in [-0.39, 0.29) is 0 Å². The fourth-order valence-corrected chi connectivity index (χ4v) is 5.38. The number of hydrogen-bond donors (Lipinski definition) is 1. The number of hydrogen-bond acceptors (Lipinski definition) is 3. The van der Waals surface area contributed by atoms with Crippen LogP contribution in [0.15, 0.2) is 0 Å². The molecule has 0 radical (unpaired) electrons. The van der Waals surface area contributed by atoms with E-state index in [9.17, 15) is 0 Å². The summed E-state index contributed by atoms with van der Waals surface area (Å²) in [6.07, 6.45) is 5.80. The van der Waals surface area contributed by atoms with Crippen molar-refractivity contribution in [1.29, 1.82) is 0 Å². The van der Waals surface area contributed by atoms with Gasteiger partial charge >= 0.3 is 0 Å². The van der Waals surface area contributed by atoms with E-state index in [1.54, 1.807) is 0 Å². The summed E-state index contributed by atoms with van der Waals surface area (Å²) < 4.78 is 5.71. The Morgan fingerprint density at radius 3 is 2.67 bits per heavy atom. The Morgan fingerprint density at radius 2 is 2.06 bits per heavy atom. The normalized spacial score (nSPS) is 40.0. The van der Waals surface area contributed by atoms with Gasteiger partial charge in [-0.1, -0.05) is 27.2 Å². The predicted molar refractivity (Wildman–Crippen MR) is 80.3 cm³/mol. The molecular formula is C15H29NOS. The molecule has 1 saturated heterocycles. The smallest absolute Gasteiger partial charge is 0.0666 e. The van der Waals surface area contributed by atoms with E-state index in [4.69, 9.17) is 4.74 Å². The van der Waals surface area contributed by atoms with Gasteiger partial charge in [-0.15, -0.1) is 0 Å². The Balaban J connectivity index is 1.99. The lowest BCUT2D eigenvalue weighted by atomic mass is 9.73. The van der Waals surface area contributed by atoms with Crippen molar-refractivity contribution in [3.05, 3.63) is 0 Å². The SMILES string of the molecule is CCNC1C(SC2CCOC2C)CCCC1(C)C. The third-order valence-electron chi connectivity index (χ3n) is 4.60. The second kappa shape index (κ2) is 6.15. The van der Waals surface area contributed by atoms with Crippen molar-refractivity contribution >= 4 is 11.8 Å². The molecule has 2 rings (SSSR count). The van der Waals surface area contributed by atoms with E-state index in [1.165, 1.54) is 25.7 Å². The average molecular weight is 271 g/mol. The van der Waals surface area contributed by atoms with Crippen molar-refractivity contribution in [2.45, 2.75) is 76.0 Å². The first-order valence-electron chi connectivity index (χ1n) is 7.55. The maximum atomic E-state index is 5.71. The Hall–Kier alpha value is 0.270. The van der Waals surface area contributed by atoms with Crippen molar-refractivity contribution < 1.29 is 4.74 Å². The van der Waals surface area contributed by atoms with E-state index in [2.05, 4.69) is 44.8 Å². The zero-order valence-corrected chi connectivity index (χ0v) is 13.2. The number of rotatable bonds is 4. The van der Waals surface area contributed by atoms with E-state index in [0.717, 1.165) is 18.4 Å². The predicted octanol–water partition coefficient (Wildman–Crippen LogP) is 3.45. The van der Waals surface area contributed by atoms with Gasteiger partial charge in [-0.2, -0.15) is 11.8 Å². The van der Waals surface area contributed by atoms with Crippen molar-refractivity contribution in [1.82, 2.24) is 5.32 Å². The zero-order valence-electron chi connectivity index (χ0n) is 12.4. The van der Waals surface area contributed by atoms with Gasteiger partial charge in [0.05, 0.1) is 6.10 Å². The molecule has 0 spiro atoms. The molecule has 1 aliphatic heterocycles. The summed E-state index contributed by atoms with van der Waals surface area (Å²) in [6, 6.07) is 0.661. The van der Waals surface area contributed by atoms with Crippen molar-refractivity contribution in [2.75, 3.05) is 13.2 Å². The van der Waals surface area contributed by atoms with Gasteiger partial charge in [-0.05, 0) is 38.1 Å². The van der Waals surface area contributed by atoms with E-state index < -0.39 is 0 Å². The maximum absolute atomic E-state index is 5.71. The van der Waals surface area contributed by atoms with Crippen LogP contribution >= 0.6 is 11.8 Å². The fraction of sp³-hybridized carbons (Fsp3) is 1.00. The summed E-state index contributed by atoms with van der Waals surface area (Å²) in [4.78, 5) is 0. The Labute approximate surface area is 117 Å². The summed E-state index contributed by atoms with van der Waals surface area (Å²) in [5, 5.41) is 5.23. The zero-order chi connectivity index (χ0) is 13.2. The number of nitrogens with one attached hydrogen (secondary N) is 1. The van der Waals surface area contributed by atoms with Crippen molar-refractivity contribution in [2.24, 2.45) is 5.41 Å². The van der Waals surface area contributed by atoms with Gasteiger partial charge in [0, 0.05) is 23.1 Å². The molecular weight excluding hydrogens is 242 g/mol. The summed E-state index contributed by atoms with van der Waals surface area (Å²) in [7, 11) is 0. The summed E-state index contributed by atoms with van der Waals surface area (Å²) >= 11 is 2.20. The lowest BCUT2D eigenvalue weighted by molar-refractivity contribution is 0.126. The second-order valence-electron chi connectivity index (χ2n) is 6.49. The number of thioether (sulfide) groups is 1. The van der Waals surface area contributed by atoms with Crippen molar-refractivity contribution in [3.8, 4) is 0 Å². The molecule has 1 saturated carbocycles. The Bertz CT molecular complexity index is 269. The molecule has 0 aromatic rings. The summed E-state index contributed by atoms with van der Waals surface area (Å²) in [5.41, 5.74) is 0.439. The van der Waals surface area contributed by atoms with Crippen LogP contribution in [0.5, 0.6) is 0 Å². The highest BCUT2D eigenvalue weighted by molar-refractivity contribution is 8.00. The van der Waals surface area contributed by atoms with Crippen LogP contribution in [0.1, 0.15) is 53.4 Å². The van der Waals surface area contributed by atoms with Gasteiger partial charge in [-0.3, -0.25) is 0 Å². The molecule has 4 atom stereocenters. The third-order valence-corrected chi connectivity index (χ3v) is 6.43. The minimum atomic E-state index is 0.439.